The molecule has 1 aromatic carbocycles. The number of hydrogen-bond acceptors (Lipinski definition) is 7. The van der Waals surface area contributed by atoms with Crippen molar-refractivity contribution in [1.82, 2.24) is 29.5 Å². The Morgan fingerprint density at radius 3 is 2.32 bits per heavy atom. The van der Waals surface area contributed by atoms with Crippen molar-refractivity contribution < 1.29 is 31.4 Å². The Labute approximate surface area is 207 Å². The third-order valence-corrected chi connectivity index (χ3v) is 5.71. The number of anilines is 1. The first-order chi connectivity index (χ1) is 17.8. The monoisotopic (exact) mass is 540 g/mol. The van der Waals surface area contributed by atoms with Gasteiger partial charge in [-0.3, -0.25) is 4.98 Å². The number of aromatic hydroxyl groups is 1. The maximum Gasteiger partial charge on any atom is 0.416 e. The van der Waals surface area contributed by atoms with Gasteiger partial charge in [0.15, 0.2) is 5.65 Å². The highest BCUT2D eigenvalue weighted by Crippen LogP contribution is 2.37. The molecule has 1 aliphatic carbocycles. The first-order valence-electron chi connectivity index (χ1n) is 11.2. The molecule has 1 aliphatic rings. The van der Waals surface area contributed by atoms with E-state index in [0.29, 0.717) is 17.4 Å². The lowest BCUT2D eigenvalue weighted by atomic mass is 10.0. The number of rotatable bonds is 5. The van der Waals surface area contributed by atoms with E-state index in [1.54, 1.807) is 0 Å². The number of aromatic amines is 2. The third kappa shape index (κ3) is 5.19. The molecule has 1 saturated carbocycles. The Morgan fingerprint density at radius 2 is 1.76 bits per heavy atom. The normalized spacial score (nSPS) is 16.4. The molecule has 38 heavy (non-hydrogen) atoms. The zero-order chi connectivity index (χ0) is 27.4. The highest BCUT2D eigenvalue weighted by Gasteiger charge is 2.37. The molecular weight excluding hydrogens is 522 g/mol. The van der Waals surface area contributed by atoms with Crippen LogP contribution in [0.15, 0.2) is 34.2 Å². The predicted molar refractivity (Wildman–Crippen MR) is 120 cm³/mol. The number of H-pyrrole nitrogens is 2. The minimum absolute atomic E-state index is 0.0158. The summed E-state index contributed by atoms with van der Waals surface area (Å²) in [6.07, 6.45) is -5.61. The number of nitrogens with one attached hydrogen (secondary N) is 3. The molecule has 4 N–H and O–H groups in total. The van der Waals surface area contributed by atoms with Crippen LogP contribution in [0, 0.1) is 0 Å². The van der Waals surface area contributed by atoms with E-state index in [-0.39, 0.29) is 40.6 Å². The number of fused-ring (bicyclic) bond motifs is 1. The molecule has 0 aliphatic heterocycles. The van der Waals surface area contributed by atoms with Crippen LogP contribution >= 0.6 is 0 Å². The van der Waals surface area contributed by atoms with Crippen LogP contribution in [-0.4, -0.2) is 40.7 Å². The molecule has 1 atom stereocenters. The summed E-state index contributed by atoms with van der Waals surface area (Å²) >= 11 is 0. The van der Waals surface area contributed by atoms with Gasteiger partial charge in [0.2, 0.25) is 11.8 Å². The number of halogens is 6. The number of nitrogens with zero attached hydrogens (tertiary/aromatic N) is 5. The molecule has 0 amide bonds. The van der Waals surface area contributed by atoms with Crippen LogP contribution in [0.1, 0.15) is 48.2 Å². The van der Waals surface area contributed by atoms with Gasteiger partial charge in [0.1, 0.15) is 5.69 Å². The van der Waals surface area contributed by atoms with E-state index in [9.17, 15) is 36.2 Å². The highest BCUT2D eigenvalue weighted by molar-refractivity contribution is 5.57. The second kappa shape index (κ2) is 8.88. The van der Waals surface area contributed by atoms with Gasteiger partial charge in [0.05, 0.1) is 29.4 Å². The number of aromatic nitrogens is 6. The molecule has 0 bridgehead atoms. The Hall–Kier alpha value is -4.37. The van der Waals surface area contributed by atoms with Gasteiger partial charge in [-0.15, -0.1) is 0 Å². The lowest BCUT2D eigenvalue weighted by Crippen LogP contribution is -2.25. The minimum atomic E-state index is -4.99. The largest absolute Gasteiger partial charge is 0.493 e. The van der Waals surface area contributed by atoms with Crippen molar-refractivity contribution in [2.45, 2.75) is 44.2 Å². The molecule has 16 heteroatoms. The maximum absolute atomic E-state index is 13.3. The van der Waals surface area contributed by atoms with Crippen LogP contribution in [0.5, 0.6) is 5.88 Å². The zero-order valence-corrected chi connectivity index (χ0v) is 19.3. The molecule has 0 saturated heterocycles. The average molecular weight is 540 g/mol. The van der Waals surface area contributed by atoms with E-state index in [2.05, 4.69) is 35.3 Å². The van der Waals surface area contributed by atoms with Crippen LogP contribution in [0.25, 0.3) is 11.7 Å². The number of alkyl halides is 6. The van der Waals surface area contributed by atoms with Crippen LogP contribution in [0.3, 0.4) is 0 Å². The van der Waals surface area contributed by atoms with Gasteiger partial charge in [-0.1, -0.05) is 0 Å². The number of hydrogen-bond donors (Lipinski definition) is 4. The predicted octanol–water partition coefficient (Wildman–Crippen LogP) is 2.67. The first-order valence-corrected chi connectivity index (χ1v) is 11.2. The van der Waals surface area contributed by atoms with Gasteiger partial charge in [0.25, 0.3) is 5.62 Å². The molecular formula is C22H18F6N8O2. The van der Waals surface area contributed by atoms with E-state index in [0.717, 1.165) is 12.8 Å². The Balaban J connectivity index is 1.60. The van der Waals surface area contributed by atoms with E-state index >= 15 is 0 Å². The summed E-state index contributed by atoms with van der Waals surface area (Å²) in [6, 6.07) is 0.224. The fraction of sp³-hybridized carbons (Fsp3) is 0.318. The topological polar surface area (TPSA) is 136 Å². The van der Waals surface area contributed by atoms with Crippen molar-refractivity contribution in [1.29, 1.82) is 0 Å². The summed E-state index contributed by atoms with van der Waals surface area (Å²) in [7, 11) is 0. The van der Waals surface area contributed by atoms with Crippen molar-refractivity contribution in [3.63, 3.8) is 0 Å². The molecule has 3 aromatic heterocycles. The standard InChI is InChI=1S/C22H18F6N8O2/c1-9(10-4-12(21(23,24)25)7-13(5-10)22(26,27)28)30-18-33-16-11(6-15-17(37)34-20(38)32-15)8-29-36(16)19(35-18)31-14-2-3-14/h4-9,14,37H,2-3H2,1H3,(H,30,31,35)(H2,32,34,38)/t9-/m1/s1. The van der Waals surface area contributed by atoms with Gasteiger partial charge >= 0.3 is 18.0 Å². The minimum Gasteiger partial charge on any atom is -0.493 e. The molecule has 0 radical (unpaired) electrons. The Bertz CT molecular complexity index is 1670. The maximum atomic E-state index is 13.3. The molecule has 0 unspecified atom stereocenters. The summed E-state index contributed by atoms with van der Waals surface area (Å²) in [6.45, 7) is 1.37. The van der Waals surface area contributed by atoms with Crippen molar-refractivity contribution in [3.8, 4) is 5.88 Å². The van der Waals surface area contributed by atoms with Crippen LogP contribution in [0.4, 0.5) is 32.3 Å². The zero-order valence-electron chi connectivity index (χ0n) is 19.3. The summed E-state index contributed by atoms with van der Waals surface area (Å²) in [5.41, 5.74) is -3.51. The van der Waals surface area contributed by atoms with Crippen molar-refractivity contribution >= 4 is 17.7 Å². The average Bonchev–Trinajstić information content (AvgIpc) is 3.46. The van der Waals surface area contributed by atoms with Gasteiger partial charge in [0, 0.05) is 5.22 Å². The Morgan fingerprint density at radius 1 is 1.11 bits per heavy atom. The quantitative estimate of drug-likeness (QED) is 0.288. The number of benzene rings is 1. The molecule has 5 rings (SSSR count). The van der Waals surface area contributed by atoms with Gasteiger partial charge in [-0.2, -0.15) is 45.9 Å². The second-order valence-corrected chi connectivity index (χ2v) is 8.73. The summed E-state index contributed by atoms with van der Waals surface area (Å²) in [5.74, 6) is -0.555. The van der Waals surface area contributed by atoms with Gasteiger partial charge in [-0.05, 0) is 49.6 Å². The van der Waals surface area contributed by atoms with Crippen LogP contribution in [0.2, 0.25) is 0 Å². The van der Waals surface area contributed by atoms with Crippen molar-refractivity contribution in [2.24, 2.45) is 4.99 Å². The third-order valence-electron chi connectivity index (χ3n) is 5.71. The second-order valence-electron chi connectivity index (χ2n) is 8.73. The van der Waals surface area contributed by atoms with Crippen molar-refractivity contribution in [3.05, 3.63) is 68.1 Å². The Kier molecular flexibility index (Phi) is 5.91. The lowest BCUT2D eigenvalue weighted by molar-refractivity contribution is -0.143. The summed E-state index contributed by atoms with van der Waals surface area (Å²) in [5, 5.41) is 17.1. The fourth-order valence-corrected chi connectivity index (χ4v) is 3.65. The lowest BCUT2D eigenvalue weighted by Gasteiger charge is -2.19. The van der Waals surface area contributed by atoms with E-state index in [4.69, 9.17) is 0 Å². The number of imidazole rings is 1. The molecule has 4 aromatic rings. The molecule has 10 nitrogen and oxygen atoms in total. The van der Waals surface area contributed by atoms with Crippen LogP contribution < -0.4 is 21.8 Å². The SMILES string of the molecule is C[C@@H](Nc1nc(=NC2CC2)n2ncc(=Cc3[nH]c(=O)[nH]c3O)c2n1)c1cc(C(F)(F)F)cc(C(F)(F)F)c1. The first kappa shape index (κ1) is 25.3. The van der Waals surface area contributed by atoms with Gasteiger partial charge < -0.3 is 15.4 Å². The van der Waals surface area contributed by atoms with E-state index in [1.165, 1.54) is 23.7 Å². The fourth-order valence-electron chi connectivity index (χ4n) is 3.65. The van der Waals surface area contributed by atoms with Crippen LogP contribution in [-0.2, 0) is 12.4 Å². The molecule has 200 valence electrons. The highest BCUT2D eigenvalue weighted by atomic mass is 19.4. The van der Waals surface area contributed by atoms with E-state index < -0.39 is 41.1 Å². The summed E-state index contributed by atoms with van der Waals surface area (Å²) < 4.78 is 81.2. The molecule has 0 spiro atoms. The summed E-state index contributed by atoms with van der Waals surface area (Å²) in [4.78, 5) is 29.1. The molecule has 1 fully saturated rings. The van der Waals surface area contributed by atoms with Gasteiger partial charge in [-0.25, -0.2) is 9.79 Å². The van der Waals surface area contributed by atoms with E-state index in [1.807, 2.05) is 0 Å². The van der Waals surface area contributed by atoms with Crippen molar-refractivity contribution in [2.75, 3.05) is 5.32 Å². The smallest absolute Gasteiger partial charge is 0.416 e. The molecule has 3 heterocycles.